The highest BCUT2D eigenvalue weighted by molar-refractivity contribution is 7.92. The number of carbonyl (C=O) groups is 1. The second-order valence-electron chi connectivity index (χ2n) is 9.59. The Balaban J connectivity index is 1.46. The number of sulfonamides is 1. The average Bonchev–Trinajstić information content (AvgIpc) is 3.44. The van der Waals surface area contributed by atoms with E-state index in [4.69, 9.17) is 15.8 Å². The fourth-order valence-electron chi connectivity index (χ4n) is 4.98. The van der Waals surface area contributed by atoms with E-state index in [2.05, 4.69) is 9.62 Å². The van der Waals surface area contributed by atoms with Crippen molar-refractivity contribution >= 4 is 33.1 Å². The third kappa shape index (κ3) is 4.96. The van der Waals surface area contributed by atoms with Crippen LogP contribution < -0.4 is 15.4 Å². The maximum atomic E-state index is 13.7. The molecule has 2 aliphatic heterocycles. The minimum atomic E-state index is -3.53. The van der Waals surface area contributed by atoms with Crippen molar-refractivity contribution in [3.8, 4) is 0 Å². The van der Waals surface area contributed by atoms with Crippen molar-refractivity contribution in [2.45, 2.75) is 44.7 Å². The molecule has 35 heavy (non-hydrogen) atoms. The molecule has 186 valence electrons. The van der Waals surface area contributed by atoms with Crippen molar-refractivity contribution in [1.82, 2.24) is 19.5 Å². The molecule has 10 nitrogen and oxygen atoms in total. The first kappa shape index (κ1) is 23.6. The first-order chi connectivity index (χ1) is 16.7. The number of fused-ring (bicyclic) bond motifs is 1. The molecule has 3 aromatic rings. The van der Waals surface area contributed by atoms with Crippen molar-refractivity contribution in [3.63, 3.8) is 0 Å². The van der Waals surface area contributed by atoms with Gasteiger partial charge >= 0.3 is 0 Å². The zero-order chi connectivity index (χ0) is 24.7. The van der Waals surface area contributed by atoms with Gasteiger partial charge in [0.25, 0.3) is 5.91 Å². The Morgan fingerprint density at radius 1 is 1.14 bits per heavy atom. The normalized spacial score (nSPS) is 21.0. The van der Waals surface area contributed by atoms with Crippen LogP contribution in [0.1, 0.15) is 53.3 Å². The number of nitrogens with two attached hydrogens (primary N) is 1. The molecule has 0 bridgehead atoms. The summed E-state index contributed by atoms with van der Waals surface area (Å²) in [7, 11) is -3.53. The van der Waals surface area contributed by atoms with Gasteiger partial charge in [-0.3, -0.25) is 9.52 Å². The topological polar surface area (TPSA) is 126 Å². The van der Waals surface area contributed by atoms with E-state index in [1.54, 1.807) is 22.7 Å². The van der Waals surface area contributed by atoms with E-state index in [0.29, 0.717) is 12.1 Å². The fourth-order valence-corrected chi connectivity index (χ4v) is 5.55. The standard InChI is InChI=1S/C24H31N7O3S/c1-16-6-7-19(28-35(2,33)34)18(13-16)24(32)30-11-4-3-5-21(30)20-15-31-22(26-20)8-9-23(27-31)29-12-10-17(25)14-29/h6-9,13,15,17,21,28H,3-5,10-12,14,25H2,1-2H3/t17-,21-/m0/s1. The van der Waals surface area contributed by atoms with Crippen LogP contribution in [0.4, 0.5) is 11.5 Å². The van der Waals surface area contributed by atoms with Gasteiger partial charge in [0.1, 0.15) is 5.82 Å². The predicted molar refractivity (Wildman–Crippen MR) is 135 cm³/mol. The van der Waals surface area contributed by atoms with E-state index >= 15 is 0 Å². The molecular weight excluding hydrogens is 466 g/mol. The number of rotatable bonds is 5. The number of nitrogens with zero attached hydrogens (tertiary/aromatic N) is 5. The number of aryl methyl sites for hydroxylation is 1. The summed E-state index contributed by atoms with van der Waals surface area (Å²) < 4.78 is 28.1. The number of piperidine rings is 1. The smallest absolute Gasteiger partial charge is 0.256 e. The molecule has 11 heteroatoms. The molecule has 2 aromatic heterocycles. The minimum Gasteiger partial charge on any atom is -0.354 e. The number of carbonyl (C=O) groups excluding carboxylic acids is 1. The summed E-state index contributed by atoms with van der Waals surface area (Å²) in [5.74, 6) is 0.656. The Hall–Kier alpha value is -3.18. The van der Waals surface area contributed by atoms with Crippen molar-refractivity contribution in [2.75, 3.05) is 35.5 Å². The minimum absolute atomic E-state index is 0.163. The van der Waals surface area contributed by atoms with E-state index < -0.39 is 10.0 Å². The van der Waals surface area contributed by atoms with Crippen LogP contribution in [0.2, 0.25) is 0 Å². The van der Waals surface area contributed by atoms with Gasteiger partial charge < -0.3 is 15.5 Å². The molecule has 0 aliphatic carbocycles. The molecule has 2 atom stereocenters. The zero-order valence-electron chi connectivity index (χ0n) is 20.0. The summed E-state index contributed by atoms with van der Waals surface area (Å²) in [6, 6.07) is 9.02. The first-order valence-corrected chi connectivity index (χ1v) is 13.8. The molecule has 2 fully saturated rings. The number of hydrogen-bond acceptors (Lipinski definition) is 7. The van der Waals surface area contributed by atoms with Crippen LogP contribution in [0, 0.1) is 6.92 Å². The lowest BCUT2D eigenvalue weighted by molar-refractivity contribution is 0.0607. The van der Waals surface area contributed by atoms with Crippen molar-refractivity contribution < 1.29 is 13.2 Å². The summed E-state index contributed by atoms with van der Waals surface area (Å²) in [5, 5.41) is 4.75. The van der Waals surface area contributed by atoms with Crippen LogP contribution in [0.3, 0.4) is 0 Å². The molecule has 3 N–H and O–H groups in total. The monoisotopic (exact) mass is 497 g/mol. The van der Waals surface area contributed by atoms with Crippen LogP contribution in [-0.2, 0) is 10.0 Å². The molecule has 2 aliphatic rings. The number of nitrogens with one attached hydrogen (secondary N) is 1. The molecule has 1 amide bonds. The van der Waals surface area contributed by atoms with Crippen molar-refractivity contribution in [3.05, 3.63) is 53.3 Å². The lowest BCUT2D eigenvalue weighted by atomic mass is 9.98. The molecular formula is C24H31N7O3S. The lowest BCUT2D eigenvalue weighted by Crippen LogP contribution is -2.39. The molecule has 5 rings (SSSR count). The summed E-state index contributed by atoms with van der Waals surface area (Å²) in [5.41, 5.74) is 9.08. The van der Waals surface area contributed by atoms with Crippen LogP contribution in [0.5, 0.6) is 0 Å². The van der Waals surface area contributed by atoms with E-state index in [-0.39, 0.29) is 23.7 Å². The lowest BCUT2D eigenvalue weighted by Gasteiger charge is -2.35. The number of amides is 1. The summed E-state index contributed by atoms with van der Waals surface area (Å²) in [6.45, 7) is 4.12. The number of aromatic nitrogens is 3. The van der Waals surface area contributed by atoms with Gasteiger partial charge in [0, 0.05) is 25.7 Å². The largest absolute Gasteiger partial charge is 0.354 e. The van der Waals surface area contributed by atoms with E-state index in [0.717, 1.165) is 67.8 Å². The van der Waals surface area contributed by atoms with Gasteiger partial charge in [0.2, 0.25) is 10.0 Å². The second kappa shape index (κ2) is 9.12. The Labute approximate surface area is 205 Å². The molecule has 0 saturated carbocycles. The van der Waals surface area contributed by atoms with Gasteiger partial charge in [-0.15, -0.1) is 5.10 Å². The van der Waals surface area contributed by atoms with Gasteiger partial charge in [-0.2, -0.15) is 0 Å². The van der Waals surface area contributed by atoms with Gasteiger partial charge in [-0.25, -0.2) is 17.9 Å². The van der Waals surface area contributed by atoms with Gasteiger partial charge in [-0.1, -0.05) is 11.6 Å². The summed E-state index contributed by atoms with van der Waals surface area (Å²) >= 11 is 0. The molecule has 0 radical (unpaired) electrons. The third-order valence-electron chi connectivity index (χ3n) is 6.68. The fraction of sp³-hybridized carbons (Fsp3) is 0.458. The highest BCUT2D eigenvalue weighted by atomic mass is 32.2. The number of anilines is 2. The van der Waals surface area contributed by atoms with Crippen LogP contribution in [0.25, 0.3) is 5.65 Å². The Bertz CT molecular complexity index is 1370. The Morgan fingerprint density at radius 3 is 2.71 bits per heavy atom. The highest BCUT2D eigenvalue weighted by Crippen LogP contribution is 2.33. The van der Waals surface area contributed by atoms with E-state index in [1.807, 2.05) is 30.2 Å². The molecule has 2 saturated heterocycles. The Morgan fingerprint density at radius 2 is 1.97 bits per heavy atom. The summed E-state index contributed by atoms with van der Waals surface area (Å²) in [4.78, 5) is 22.5. The Kier molecular flexibility index (Phi) is 6.14. The maximum absolute atomic E-state index is 13.7. The third-order valence-corrected chi connectivity index (χ3v) is 7.27. The van der Waals surface area contributed by atoms with Crippen LogP contribution in [-0.4, -0.2) is 65.8 Å². The first-order valence-electron chi connectivity index (χ1n) is 11.9. The van der Waals surface area contributed by atoms with Crippen LogP contribution >= 0.6 is 0 Å². The maximum Gasteiger partial charge on any atom is 0.256 e. The average molecular weight is 498 g/mol. The van der Waals surface area contributed by atoms with Gasteiger partial charge in [0.15, 0.2) is 5.65 Å². The summed E-state index contributed by atoms with van der Waals surface area (Å²) in [6.07, 6.45) is 6.58. The SMILES string of the molecule is Cc1ccc(NS(C)(=O)=O)c(C(=O)N2CCCC[C@H]2c2cn3nc(N4CC[C@H](N)C4)ccc3n2)c1. The van der Waals surface area contributed by atoms with E-state index in [9.17, 15) is 13.2 Å². The highest BCUT2D eigenvalue weighted by Gasteiger charge is 2.32. The number of hydrogen-bond donors (Lipinski definition) is 2. The molecule has 0 spiro atoms. The zero-order valence-corrected chi connectivity index (χ0v) is 20.8. The number of benzene rings is 1. The van der Waals surface area contributed by atoms with Crippen LogP contribution in [0.15, 0.2) is 36.5 Å². The number of imidazole rings is 1. The second-order valence-corrected chi connectivity index (χ2v) is 11.3. The number of likely N-dealkylation sites (tertiary alicyclic amines) is 1. The van der Waals surface area contributed by atoms with E-state index in [1.165, 1.54) is 0 Å². The molecule has 1 aromatic carbocycles. The van der Waals surface area contributed by atoms with Crippen molar-refractivity contribution in [2.24, 2.45) is 5.73 Å². The van der Waals surface area contributed by atoms with Gasteiger partial charge in [0.05, 0.1) is 35.4 Å². The van der Waals surface area contributed by atoms with Crippen molar-refractivity contribution in [1.29, 1.82) is 0 Å². The molecule has 0 unspecified atom stereocenters. The van der Waals surface area contributed by atoms with Gasteiger partial charge in [-0.05, 0) is 56.9 Å². The molecule has 4 heterocycles. The quantitative estimate of drug-likeness (QED) is 0.554. The predicted octanol–water partition coefficient (Wildman–Crippen LogP) is 2.31.